The van der Waals surface area contributed by atoms with Crippen LogP contribution in [0.2, 0.25) is 0 Å². The summed E-state index contributed by atoms with van der Waals surface area (Å²) in [5.41, 5.74) is 0.845. The van der Waals surface area contributed by atoms with Crippen molar-refractivity contribution in [2.75, 3.05) is 18.6 Å². The number of methoxy groups -OCH3 is 1. The Morgan fingerprint density at radius 2 is 2.06 bits per heavy atom. The lowest BCUT2D eigenvalue weighted by Gasteiger charge is -2.30. The highest BCUT2D eigenvalue weighted by molar-refractivity contribution is 5.88. The molecule has 1 unspecified atom stereocenters. The van der Waals surface area contributed by atoms with Gasteiger partial charge in [-0.2, -0.15) is 0 Å². The largest absolute Gasteiger partial charge is 0.497 e. The zero-order valence-electron chi connectivity index (χ0n) is 9.47. The second kappa shape index (κ2) is 4.43. The van der Waals surface area contributed by atoms with E-state index in [-0.39, 0.29) is 12.2 Å². The fraction of sp³-hybridized carbons (Fsp3) is 0.417. The molecule has 1 fully saturated rings. The van der Waals surface area contributed by atoms with Crippen molar-refractivity contribution in [3.63, 3.8) is 0 Å². The van der Waals surface area contributed by atoms with E-state index in [0.29, 0.717) is 6.54 Å². The van der Waals surface area contributed by atoms with Crippen LogP contribution in [0.1, 0.15) is 13.3 Å². The Kier molecular flexibility index (Phi) is 2.99. The van der Waals surface area contributed by atoms with E-state index >= 15 is 0 Å². The molecule has 1 aromatic rings. The number of cyclic esters (lactones) is 1. The van der Waals surface area contributed by atoms with Crippen LogP contribution >= 0.6 is 0 Å². The fourth-order valence-corrected chi connectivity index (χ4v) is 1.69. The van der Waals surface area contributed by atoms with Crippen LogP contribution in [-0.2, 0) is 4.74 Å². The van der Waals surface area contributed by atoms with E-state index in [4.69, 9.17) is 9.47 Å². The molecule has 1 saturated heterocycles. The summed E-state index contributed by atoms with van der Waals surface area (Å²) in [6.07, 6.45) is 0.600. The molecule has 1 atom stereocenters. The first-order chi connectivity index (χ1) is 7.70. The van der Waals surface area contributed by atoms with E-state index in [9.17, 15) is 4.79 Å². The first kappa shape index (κ1) is 10.8. The quantitative estimate of drug-likeness (QED) is 0.769. The highest BCUT2D eigenvalue weighted by atomic mass is 16.6. The summed E-state index contributed by atoms with van der Waals surface area (Å²) >= 11 is 0. The normalized spacial score (nSPS) is 20.5. The van der Waals surface area contributed by atoms with Gasteiger partial charge in [0.15, 0.2) is 0 Å². The van der Waals surface area contributed by atoms with E-state index in [2.05, 4.69) is 0 Å². The number of anilines is 1. The average molecular weight is 221 g/mol. The first-order valence-electron chi connectivity index (χ1n) is 5.33. The number of ether oxygens (including phenoxy) is 2. The van der Waals surface area contributed by atoms with Crippen LogP contribution in [0.5, 0.6) is 5.75 Å². The number of benzene rings is 1. The van der Waals surface area contributed by atoms with E-state index in [1.165, 1.54) is 0 Å². The van der Waals surface area contributed by atoms with Crippen LogP contribution in [0, 0.1) is 0 Å². The van der Waals surface area contributed by atoms with Crippen LogP contribution in [-0.4, -0.2) is 25.9 Å². The number of hydrogen-bond acceptors (Lipinski definition) is 3. The Bertz CT molecular complexity index is 374. The summed E-state index contributed by atoms with van der Waals surface area (Å²) in [4.78, 5) is 13.3. The van der Waals surface area contributed by atoms with Crippen molar-refractivity contribution in [1.29, 1.82) is 0 Å². The number of hydrogen-bond donors (Lipinski definition) is 0. The Balaban J connectivity index is 2.14. The van der Waals surface area contributed by atoms with E-state index in [0.717, 1.165) is 17.9 Å². The maximum atomic E-state index is 11.6. The van der Waals surface area contributed by atoms with Gasteiger partial charge in [0.25, 0.3) is 0 Å². The fourth-order valence-electron chi connectivity index (χ4n) is 1.69. The van der Waals surface area contributed by atoms with Crippen molar-refractivity contribution in [1.82, 2.24) is 0 Å². The molecule has 0 N–H and O–H groups in total. The molecule has 16 heavy (non-hydrogen) atoms. The Hall–Kier alpha value is -1.71. The van der Waals surface area contributed by atoms with Gasteiger partial charge in [-0.1, -0.05) is 0 Å². The van der Waals surface area contributed by atoms with E-state index in [1.54, 1.807) is 12.0 Å². The van der Waals surface area contributed by atoms with Crippen molar-refractivity contribution in [3.8, 4) is 5.75 Å². The molecule has 4 heteroatoms. The molecule has 0 bridgehead atoms. The second-order valence-electron chi connectivity index (χ2n) is 3.83. The maximum absolute atomic E-state index is 11.6. The van der Waals surface area contributed by atoms with Crippen molar-refractivity contribution in [2.45, 2.75) is 19.4 Å². The third kappa shape index (κ3) is 2.10. The minimum atomic E-state index is -0.274. The summed E-state index contributed by atoms with van der Waals surface area (Å²) in [6, 6.07) is 7.38. The van der Waals surface area contributed by atoms with Crippen LogP contribution in [0.3, 0.4) is 0 Å². The number of rotatable bonds is 2. The van der Waals surface area contributed by atoms with Gasteiger partial charge >= 0.3 is 6.09 Å². The van der Waals surface area contributed by atoms with E-state index in [1.807, 2.05) is 31.2 Å². The van der Waals surface area contributed by atoms with Crippen LogP contribution < -0.4 is 9.64 Å². The predicted molar refractivity (Wildman–Crippen MR) is 60.9 cm³/mol. The molecular weight excluding hydrogens is 206 g/mol. The van der Waals surface area contributed by atoms with Crippen molar-refractivity contribution in [2.24, 2.45) is 0 Å². The Labute approximate surface area is 94.8 Å². The van der Waals surface area contributed by atoms with Gasteiger partial charge in [0.05, 0.1) is 7.11 Å². The summed E-state index contributed by atoms with van der Waals surface area (Å²) in [5.74, 6) is 0.780. The summed E-state index contributed by atoms with van der Waals surface area (Å²) < 4.78 is 10.2. The lowest BCUT2D eigenvalue weighted by molar-refractivity contribution is 0.0944. The van der Waals surface area contributed by atoms with Crippen LogP contribution in [0.4, 0.5) is 10.5 Å². The molecule has 0 radical (unpaired) electrons. The van der Waals surface area contributed by atoms with Crippen LogP contribution in [0.15, 0.2) is 24.3 Å². The molecule has 1 heterocycles. The van der Waals surface area contributed by atoms with Crippen LogP contribution in [0.25, 0.3) is 0 Å². The third-order valence-electron chi connectivity index (χ3n) is 2.67. The van der Waals surface area contributed by atoms with Crippen molar-refractivity contribution < 1.29 is 14.3 Å². The highest BCUT2D eigenvalue weighted by Gasteiger charge is 2.25. The van der Waals surface area contributed by atoms with Gasteiger partial charge in [-0.05, 0) is 31.2 Å². The topological polar surface area (TPSA) is 38.8 Å². The molecule has 1 aliphatic rings. The number of nitrogens with zero attached hydrogens (tertiary/aromatic N) is 1. The minimum Gasteiger partial charge on any atom is -0.497 e. The van der Waals surface area contributed by atoms with Gasteiger partial charge in [-0.3, -0.25) is 4.90 Å². The van der Waals surface area contributed by atoms with Crippen molar-refractivity contribution >= 4 is 11.8 Å². The monoisotopic (exact) mass is 221 g/mol. The molecule has 86 valence electrons. The molecular formula is C12H15NO3. The summed E-state index contributed by atoms with van der Waals surface area (Å²) in [5, 5.41) is 0. The molecule has 1 amide bonds. The van der Waals surface area contributed by atoms with Gasteiger partial charge < -0.3 is 9.47 Å². The lowest BCUT2D eigenvalue weighted by Crippen LogP contribution is -2.41. The Morgan fingerprint density at radius 3 is 2.62 bits per heavy atom. The summed E-state index contributed by atoms with van der Waals surface area (Å²) in [7, 11) is 1.62. The standard InChI is InChI=1S/C12H15NO3/c1-9-7-8-13(12(14)16-9)10-3-5-11(15-2)6-4-10/h3-6,9H,7-8H2,1-2H3. The molecule has 0 spiro atoms. The smallest absolute Gasteiger partial charge is 0.414 e. The molecule has 0 aliphatic carbocycles. The second-order valence-corrected chi connectivity index (χ2v) is 3.83. The molecule has 0 aromatic heterocycles. The van der Waals surface area contributed by atoms with Gasteiger partial charge in [0.2, 0.25) is 0 Å². The molecule has 0 saturated carbocycles. The number of carbonyl (C=O) groups excluding carboxylic acids is 1. The lowest BCUT2D eigenvalue weighted by atomic mass is 10.2. The van der Waals surface area contributed by atoms with Gasteiger partial charge in [0.1, 0.15) is 11.9 Å². The Morgan fingerprint density at radius 1 is 1.38 bits per heavy atom. The maximum Gasteiger partial charge on any atom is 0.414 e. The minimum absolute atomic E-state index is 0.0157. The molecule has 2 rings (SSSR count). The van der Waals surface area contributed by atoms with E-state index < -0.39 is 0 Å². The third-order valence-corrected chi connectivity index (χ3v) is 2.67. The number of amides is 1. The first-order valence-corrected chi connectivity index (χ1v) is 5.33. The average Bonchev–Trinajstić information content (AvgIpc) is 2.29. The molecule has 1 aromatic carbocycles. The predicted octanol–water partition coefficient (Wildman–Crippen LogP) is 2.43. The zero-order valence-corrected chi connectivity index (χ0v) is 9.47. The summed E-state index contributed by atoms with van der Waals surface area (Å²) in [6.45, 7) is 2.61. The van der Waals surface area contributed by atoms with Gasteiger partial charge in [-0.25, -0.2) is 4.79 Å². The van der Waals surface area contributed by atoms with Gasteiger partial charge in [-0.15, -0.1) is 0 Å². The van der Waals surface area contributed by atoms with Crippen molar-refractivity contribution in [3.05, 3.63) is 24.3 Å². The molecule has 1 aliphatic heterocycles. The number of carbonyl (C=O) groups is 1. The highest BCUT2D eigenvalue weighted by Crippen LogP contribution is 2.23. The zero-order chi connectivity index (χ0) is 11.5. The SMILES string of the molecule is COc1ccc(N2CCC(C)OC2=O)cc1. The molecule has 4 nitrogen and oxygen atoms in total. The van der Waals surface area contributed by atoms with Gasteiger partial charge in [0, 0.05) is 18.7 Å².